The number of rotatable bonds is 11. The van der Waals surface area contributed by atoms with Crippen molar-refractivity contribution >= 4 is 29.9 Å². The molecule has 0 aliphatic carbocycles. The third-order valence-corrected chi connectivity index (χ3v) is 4.43. The summed E-state index contributed by atoms with van der Waals surface area (Å²) in [4.78, 5) is 4.58. The number of methoxy groups -OCH3 is 3. The molecule has 0 aliphatic rings. The summed E-state index contributed by atoms with van der Waals surface area (Å²) in [5.74, 6) is 3.02. The van der Waals surface area contributed by atoms with Gasteiger partial charge < -0.3 is 34.7 Å². The highest BCUT2D eigenvalue weighted by molar-refractivity contribution is 14.0. The van der Waals surface area contributed by atoms with Gasteiger partial charge in [0.05, 0.1) is 27.9 Å². The largest absolute Gasteiger partial charge is 0.493 e. The van der Waals surface area contributed by atoms with Crippen molar-refractivity contribution in [3.63, 3.8) is 0 Å². The van der Waals surface area contributed by atoms with Crippen molar-refractivity contribution < 1.29 is 24.1 Å². The maximum Gasteiger partial charge on any atom is 0.203 e. The van der Waals surface area contributed by atoms with Crippen LogP contribution < -0.4 is 29.6 Å². The molecule has 0 radical (unpaired) electrons. The molecule has 3 N–H and O–H groups in total. The number of nitrogens with zero attached hydrogens (tertiary/aromatic N) is 1. The Morgan fingerprint density at radius 3 is 2.28 bits per heavy atom. The van der Waals surface area contributed by atoms with Crippen molar-refractivity contribution in [2.24, 2.45) is 4.99 Å². The second-order valence-electron chi connectivity index (χ2n) is 6.89. The van der Waals surface area contributed by atoms with Crippen LogP contribution >= 0.6 is 24.0 Å². The normalized spacial score (nSPS) is 11.8. The second-order valence-corrected chi connectivity index (χ2v) is 6.89. The van der Waals surface area contributed by atoms with E-state index in [1.165, 1.54) is 0 Å². The zero-order chi connectivity index (χ0) is 22.6. The summed E-state index contributed by atoms with van der Waals surface area (Å²) in [5, 5.41) is 16.6. The molecule has 0 saturated heterocycles. The average molecular weight is 559 g/mol. The molecular formula is C23H34IN3O5. The molecule has 2 aromatic rings. The zero-order valence-corrected chi connectivity index (χ0v) is 21.6. The number of guanidine groups is 1. The van der Waals surface area contributed by atoms with Gasteiger partial charge in [-0.25, -0.2) is 4.99 Å². The van der Waals surface area contributed by atoms with Crippen molar-refractivity contribution in [2.45, 2.75) is 26.5 Å². The maximum absolute atomic E-state index is 10.3. The molecule has 0 bridgehead atoms. The van der Waals surface area contributed by atoms with Gasteiger partial charge in [0.2, 0.25) is 5.75 Å². The van der Waals surface area contributed by atoms with Gasteiger partial charge in [-0.2, -0.15) is 0 Å². The highest BCUT2D eigenvalue weighted by Crippen LogP contribution is 2.38. The van der Waals surface area contributed by atoms with Crippen LogP contribution in [-0.2, 0) is 6.54 Å². The molecule has 8 nitrogen and oxygen atoms in total. The van der Waals surface area contributed by atoms with E-state index in [-0.39, 0.29) is 30.6 Å². The van der Waals surface area contributed by atoms with E-state index >= 15 is 0 Å². The van der Waals surface area contributed by atoms with Gasteiger partial charge in [-0.05, 0) is 49.2 Å². The number of aryl methyl sites for hydroxylation is 1. The van der Waals surface area contributed by atoms with Crippen LogP contribution in [0.1, 0.15) is 18.1 Å². The highest BCUT2D eigenvalue weighted by Gasteiger charge is 2.13. The number of aliphatic hydroxyl groups excluding tert-OH is 1. The van der Waals surface area contributed by atoms with E-state index in [2.05, 4.69) is 15.6 Å². The summed E-state index contributed by atoms with van der Waals surface area (Å²) in [6.45, 7) is 5.54. The molecule has 1 atom stereocenters. The first-order valence-corrected chi connectivity index (χ1v) is 10.2. The lowest BCUT2D eigenvalue weighted by molar-refractivity contribution is 0.110. The van der Waals surface area contributed by atoms with E-state index in [4.69, 9.17) is 18.9 Å². The monoisotopic (exact) mass is 559 g/mol. The van der Waals surface area contributed by atoms with Crippen molar-refractivity contribution in [3.8, 4) is 23.0 Å². The molecule has 0 aromatic heterocycles. The molecule has 178 valence electrons. The smallest absolute Gasteiger partial charge is 0.203 e. The first-order chi connectivity index (χ1) is 15.0. The molecule has 1 unspecified atom stereocenters. The standard InChI is InChI=1S/C23H33N3O5.HI/c1-6-24-23(26-14-18(27)15-31-19-9-7-8-16(2)10-19)25-13-17-11-20(28-3)22(30-5)21(12-17)29-4;/h7-12,18,27H,6,13-15H2,1-5H3,(H2,24,25,26);1H. The van der Waals surface area contributed by atoms with Crippen LogP contribution in [0.2, 0.25) is 0 Å². The topological polar surface area (TPSA) is 93.6 Å². The second kappa shape index (κ2) is 14.6. The Hall–Kier alpha value is -2.40. The lowest BCUT2D eigenvalue weighted by Gasteiger charge is -2.16. The van der Waals surface area contributed by atoms with Gasteiger partial charge in [-0.3, -0.25) is 0 Å². The number of aliphatic imine (C=N–C) groups is 1. The summed E-state index contributed by atoms with van der Waals surface area (Å²) >= 11 is 0. The van der Waals surface area contributed by atoms with Crippen LogP contribution in [0.5, 0.6) is 23.0 Å². The van der Waals surface area contributed by atoms with Gasteiger partial charge in [0.15, 0.2) is 17.5 Å². The van der Waals surface area contributed by atoms with E-state index in [9.17, 15) is 5.11 Å². The fourth-order valence-electron chi connectivity index (χ4n) is 2.91. The zero-order valence-electron chi connectivity index (χ0n) is 19.3. The number of hydrogen-bond donors (Lipinski definition) is 3. The van der Waals surface area contributed by atoms with Gasteiger partial charge in [-0.15, -0.1) is 24.0 Å². The van der Waals surface area contributed by atoms with Gasteiger partial charge in [0, 0.05) is 13.1 Å². The predicted molar refractivity (Wildman–Crippen MR) is 137 cm³/mol. The van der Waals surface area contributed by atoms with Gasteiger partial charge >= 0.3 is 0 Å². The van der Waals surface area contributed by atoms with Crippen LogP contribution in [0.4, 0.5) is 0 Å². The molecule has 0 amide bonds. The Labute approximate surface area is 207 Å². The third-order valence-electron chi connectivity index (χ3n) is 4.43. The number of ether oxygens (including phenoxy) is 4. The van der Waals surface area contributed by atoms with Crippen LogP contribution in [0, 0.1) is 6.92 Å². The predicted octanol–water partition coefficient (Wildman–Crippen LogP) is 3.13. The van der Waals surface area contributed by atoms with Crippen LogP contribution in [0.15, 0.2) is 41.4 Å². The van der Waals surface area contributed by atoms with E-state index in [1.54, 1.807) is 21.3 Å². The molecule has 2 aromatic carbocycles. The minimum atomic E-state index is -0.689. The minimum Gasteiger partial charge on any atom is -0.493 e. The van der Waals surface area contributed by atoms with Gasteiger partial charge in [0.1, 0.15) is 18.5 Å². The number of halogens is 1. The Morgan fingerprint density at radius 1 is 1.03 bits per heavy atom. The van der Waals surface area contributed by atoms with E-state index in [0.717, 1.165) is 16.9 Å². The molecule has 9 heteroatoms. The summed E-state index contributed by atoms with van der Waals surface area (Å²) in [6.07, 6.45) is -0.689. The molecule has 0 aliphatic heterocycles. The summed E-state index contributed by atoms with van der Waals surface area (Å²) in [6, 6.07) is 11.4. The number of aliphatic hydroxyl groups is 1. The number of hydrogen-bond acceptors (Lipinski definition) is 6. The van der Waals surface area contributed by atoms with Gasteiger partial charge in [0.25, 0.3) is 0 Å². The molecule has 0 fully saturated rings. The molecule has 0 heterocycles. The lowest BCUT2D eigenvalue weighted by Crippen LogP contribution is -2.42. The number of benzene rings is 2. The first-order valence-electron chi connectivity index (χ1n) is 10.2. The van der Waals surface area contributed by atoms with Crippen molar-refractivity contribution in [2.75, 3.05) is 41.0 Å². The fourth-order valence-corrected chi connectivity index (χ4v) is 2.91. The third kappa shape index (κ3) is 8.62. The Kier molecular flexibility index (Phi) is 12.6. The van der Waals surface area contributed by atoms with E-state index in [1.807, 2.05) is 50.2 Å². The quantitative estimate of drug-likeness (QED) is 0.221. The van der Waals surface area contributed by atoms with Crippen LogP contribution in [0.3, 0.4) is 0 Å². The summed E-state index contributed by atoms with van der Waals surface area (Å²) in [7, 11) is 4.73. The van der Waals surface area contributed by atoms with Crippen molar-refractivity contribution in [3.05, 3.63) is 47.5 Å². The molecule has 0 saturated carbocycles. The highest BCUT2D eigenvalue weighted by atomic mass is 127. The Balaban J connectivity index is 0.00000512. The molecular weight excluding hydrogens is 525 g/mol. The Morgan fingerprint density at radius 2 is 1.72 bits per heavy atom. The van der Waals surface area contributed by atoms with Crippen LogP contribution in [-0.4, -0.2) is 58.2 Å². The molecule has 32 heavy (non-hydrogen) atoms. The maximum atomic E-state index is 10.3. The minimum absolute atomic E-state index is 0. The summed E-state index contributed by atoms with van der Waals surface area (Å²) in [5.41, 5.74) is 2.01. The van der Waals surface area contributed by atoms with Crippen molar-refractivity contribution in [1.82, 2.24) is 10.6 Å². The lowest BCUT2D eigenvalue weighted by atomic mass is 10.2. The number of nitrogens with one attached hydrogen (secondary N) is 2. The fraction of sp³-hybridized carbons (Fsp3) is 0.435. The Bertz CT molecular complexity index is 838. The van der Waals surface area contributed by atoms with Gasteiger partial charge in [-0.1, -0.05) is 12.1 Å². The SMILES string of the molecule is CCNC(=NCc1cc(OC)c(OC)c(OC)c1)NCC(O)COc1cccc(C)c1.I. The summed E-state index contributed by atoms with van der Waals surface area (Å²) < 4.78 is 21.8. The average Bonchev–Trinajstić information content (AvgIpc) is 2.78. The van der Waals surface area contributed by atoms with Crippen molar-refractivity contribution in [1.29, 1.82) is 0 Å². The van der Waals surface area contributed by atoms with E-state index in [0.29, 0.717) is 42.8 Å². The molecule has 0 spiro atoms. The molecule has 2 rings (SSSR count). The van der Waals surface area contributed by atoms with E-state index < -0.39 is 6.10 Å². The van der Waals surface area contributed by atoms with Crippen LogP contribution in [0.25, 0.3) is 0 Å². The first kappa shape index (κ1) is 27.6.